The summed E-state index contributed by atoms with van der Waals surface area (Å²) >= 11 is 12.0. The summed E-state index contributed by atoms with van der Waals surface area (Å²) in [7, 11) is 0. The van der Waals surface area contributed by atoms with E-state index >= 15 is 0 Å². The van der Waals surface area contributed by atoms with Gasteiger partial charge in [0.1, 0.15) is 0 Å². The van der Waals surface area contributed by atoms with Crippen LogP contribution >= 0.6 is 23.2 Å². The van der Waals surface area contributed by atoms with Crippen LogP contribution < -0.4 is 10.6 Å². The van der Waals surface area contributed by atoms with Crippen molar-refractivity contribution in [1.82, 2.24) is 15.6 Å². The highest BCUT2D eigenvalue weighted by Gasteiger charge is 2.47. The number of nitrogens with zero attached hydrogens (tertiary/aromatic N) is 1. The number of nitrogens with one attached hydrogen (secondary N) is 2. The Morgan fingerprint density at radius 1 is 1.04 bits per heavy atom. The van der Waals surface area contributed by atoms with Crippen molar-refractivity contribution >= 4 is 35.0 Å². The van der Waals surface area contributed by atoms with E-state index in [9.17, 15) is 9.59 Å². The van der Waals surface area contributed by atoms with Gasteiger partial charge in [0.2, 0.25) is 11.8 Å². The molecule has 2 amide bonds. The maximum atomic E-state index is 12.2. The highest BCUT2D eigenvalue weighted by molar-refractivity contribution is 6.35. The molecule has 0 radical (unpaired) electrons. The number of pyridine rings is 1. The maximum absolute atomic E-state index is 12.2. The van der Waals surface area contributed by atoms with Crippen LogP contribution in [0.5, 0.6) is 0 Å². The summed E-state index contributed by atoms with van der Waals surface area (Å²) in [6, 6.07) is 9.00. The molecule has 3 rings (SSSR count). The zero-order chi connectivity index (χ0) is 18.5. The quantitative estimate of drug-likeness (QED) is 0.761. The van der Waals surface area contributed by atoms with Gasteiger partial charge in [0.25, 0.3) is 0 Å². The van der Waals surface area contributed by atoms with Crippen molar-refractivity contribution in [3.05, 3.63) is 63.9 Å². The van der Waals surface area contributed by atoms with Crippen LogP contribution in [0.2, 0.25) is 10.0 Å². The minimum atomic E-state index is -0.242. The third kappa shape index (κ3) is 4.96. The summed E-state index contributed by atoms with van der Waals surface area (Å²) in [6.45, 7) is 0.920. The Morgan fingerprint density at radius 3 is 2.42 bits per heavy atom. The van der Waals surface area contributed by atoms with Gasteiger partial charge in [-0.1, -0.05) is 29.3 Å². The van der Waals surface area contributed by atoms with Crippen molar-refractivity contribution in [2.24, 2.45) is 11.8 Å². The molecule has 1 fully saturated rings. The van der Waals surface area contributed by atoms with Crippen LogP contribution in [-0.4, -0.2) is 23.3 Å². The fourth-order valence-electron chi connectivity index (χ4n) is 2.77. The SMILES string of the molecule is O=C(NCCc1ccc(Cl)cc1Cl)C1CC1C(=O)NCc1ccncc1. The van der Waals surface area contributed by atoms with Crippen molar-refractivity contribution in [2.45, 2.75) is 19.4 Å². The molecule has 2 atom stereocenters. The molecule has 1 saturated carbocycles. The third-order valence-electron chi connectivity index (χ3n) is 4.39. The molecule has 7 heteroatoms. The van der Waals surface area contributed by atoms with E-state index in [2.05, 4.69) is 15.6 Å². The number of hydrogen-bond donors (Lipinski definition) is 2. The van der Waals surface area contributed by atoms with Gasteiger partial charge >= 0.3 is 0 Å². The van der Waals surface area contributed by atoms with E-state index in [1.54, 1.807) is 24.5 Å². The lowest BCUT2D eigenvalue weighted by atomic mass is 10.1. The molecule has 2 aromatic rings. The fourth-order valence-corrected chi connectivity index (χ4v) is 3.27. The molecule has 0 spiro atoms. The zero-order valence-corrected chi connectivity index (χ0v) is 15.6. The maximum Gasteiger partial charge on any atom is 0.224 e. The zero-order valence-electron chi connectivity index (χ0n) is 14.0. The van der Waals surface area contributed by atoms with Crippen molar-refractivity contribution in [2.75, 3.05) is 6.54 Å². The van der Waals surface area contributed by atoms with Gasteiger partial charge in [-0.3, -0.25) is 14.6 Å². The molecule has 2 N–H and O–H groups in total. The number of carbonyl (C=O) groups is 2. The predicted molar refractivity (Wildman–Crippen MR) is 101 cm³/mol. The number of amides is 2. The second-order valence-corrected chi connectivity index (χ2v) is 7.14. The van der Waals surface area contributed by atoms with Crippen LogP contribution in [0.3, 0.4) is 0 Å². The molecule has 2 unspecified atom stereocenters. The van der Waals surface area contributed by atoms with Gasteiger partial charge in [0.05, 0.1) is 11.8 Å². The standard InChI is InChI=1S/C19H19Cl2N3O2/c20-14-2-1-13(17(21)9-14)5-8-23-18(25)15-10-16(15)19(26)24-11-12-3-6-22-7-4-12/h1-4,6-7,9,15-16H,5,8,10-11H2,(H,23,25)(H,24,26). The Kier molecular flexibility index (Phi) is 6.12. The number of rotatable bonds is 7. The average Bonchev–Trinajstić information content (AvgIpc) is 3.43. The van der Waals surface area contributed by atoms with Gasteiger partial charge < -0.3 is 10.6 Å². The van der Waals surface area contributed by atoms with Gasteiger partial charge in [-0.05, 0) is 48.2 Å². The number of carbonyl (C=O) groups excluding carboxylic acids is 2. The lowest BCUT2D eigenvalue weighted by Gasteiger charge is -2.07. The molecule has 0 bridgehead atoms. The van der Waals surface area contributed by atoms with E-state index in [4.69, 9.17) is 23.2 Å². The molecule has 1 aliphatic carbocycles. The van der Waals surface area contributed by atoms with E-state index in [1.807, 2.05) is 18.2 Å². The van der Waals surface area contributed by atoms with Crippen LogP contribution in [0.4, 0.5) is 0 Å². The summed E-state index contributed by atoms with van der Waals surface area (Å²) in [6.07, 6.45) is 4.58. The van der Waals surface area contributed by atoms with Gasteiger partial charge in [0.15, 0.2) is 0 Å². The predicted octanol–water partition coefficient (Wildman–Crippen LogP) is 3.00. The molecule has 1 heterocycles. The number of benzene rings is 1. The number of aromatic nitrogens is 1. The Balaban J connectivity index is 1.39. The Bertz CT molecular complexity index is 799. The van der Waals surface area contributed by atoms with Gasteiger partial charge in [-0.2, -0.15) is 0 Å². The lowest BCUT2D eigenvalue weighted by molar-refractivity contribution is -0.127. The normalized spacial score (nSPS) is 18.2. The molecular formula is C19H19Cl2N3O2. The van der Waals surface area contributed by atoms with Gasteiger partial charge in [-0.15, -0.1) is 0 Å². The van der Waals surface area contributed by atoms with E-state index in [0.29, 0.717) is 36.0 Å². The average molecular weight is 392 g/mol. The lowest BCUT2D eigenvalue weighted by Crippen LogP contribution is -2.31. The molecule has 0 saturated heterocycles. The largest absolute Gasteiger partial charge is 0.356 e. The topological polar surface area (TPSA) is 71.1 Å². The first-order chi connectivity index (χ1) is 12.5. The van der Waals surface area contributed by atoms with E-state index in [0.717, 1.165) is 11.1 Å². The van der Waals surface area contributed by atoms with E-state index < -0.39 is 0 Å². The highest BCUT2D eigenvalue weighted by atomic mass is 35.5. The minimum Gasteiger partial charge on any atom is -0.356 e. The van der Waals surface area contributed by atoms with Crippen molar-refractivity contribution < 1.29 is 9.59 Å². The summed E-state index contributed by atoms with van der Waals surface area (Å²) in [4.78, 5) is 28.2. The van der Waals surface area contributed by atoms with Gasteiger partial charge in [-0.25, -0.2) is 0 Å². The van der Waals surface area contributed by atoms with Crippen LogP contribution in [0.1, 0.15) is 17.5 Å². The summed E-state index contributed by atoms with van der Waals surface area (Å²) < 4.78 is 0. The van der Waals surface area contributed by atoms with Crippen LogP contribution in [0, 0.1) is 11.8 Å². The first kappa shape index (κ1) is 18.7. The second-order valence-electron chi connectivity index (χ2n) is 6.30. The van der Waals surface area contributed by atoms with Gasteiger partial charge in [0, 0.05) is 35.5 Å². The Morgan fingerprint density at radius 2 is 1.73 bits per heavy atom. The molecule has 1 aromatic heterocycles. The first-order valence-electron chi connectivity index (χ1n) is 8.43. The first-order valence-corrected chi connectivity index (χ1v) is 9.18. The summed E-state index contributed by atoms with van der Waals surface area (Å²) in [5.41, 5.74) is 1.91. The summed E-state index contributed by atoms with van der Waals surface area (Å²) in [5, 5.41) is 6.91. The minimum absolute atomic E-state index is 0.0808. The van der Waals surface area contributed by atoms with Crippen LogP contribution in [0.15, 0.2) is 42.7 Å². The van der Waals surface area contributed by atoms with Crippen LogP contribution in [-0.2, 0) is 22.6 Å². The molecule has 1 aromatic carbocycles. The molecule has 5 nitrogen and oxygen atoms in total. The summed E-state index contributed by atoms with van der Waals surface area (Å²) in [5.74, 6) is -0.647. The molecule has 26 heavy (non-hydrogen) atoms. The number of hydrogen-bond acceptors (Lipinski definition) is 3. The second kappa shape index (κ2) is 8.52. The molecule has 1 aliphatic rings. The molecular weight excluding hydrogens is 373 g/mol. The van der Waals surface area contributed by atoms with Crippen molar-refractivity contribution in [1.29, 1.82) is 0 Å². The van der Waals surface area contributed by atoms with Crippen molar-refractivity contribution in [3.63, 3.8) is 0 Å². The molecule has 0 aliphatic heterocycles. The fraction of sp³-hybridized carbons (Fsp3) is 0.316. The van der Waals surface area contributed by atoms with E-state index in [-0.39, 0.29) is 23.7 Å². The Hall–Kier alpha value is -2.11. The van der Waals surface area contributed by atoms with E-state index in [1.165, 1.54) is 0 Å². The third-order valence-corrected chi connectivity index (χ3v) is 4.98. The molecule has 136 valence electrons. The van der Waals surface area contributed by atoms with Crippen LogP contribution in [0.25, 0.3) is 0 Å². The number of halogens is 2. The van der Waals surface area contributed by atoms with Crippen molar-refractivity contribution in [3.8, 4) is 0 Å². The monoisotopic (exact) mass is 391 g/mol. The highest BCUT2D eigenvalue weighted by Crippen LogP contribution is 2.38. The smallest absolute Gasteiger partial charge is 0.224 e. The Labute approximate surface area is 162 Å².